The Morgan fingerprint density at radius 3 is 2.90 bits per heavy atom. The number of rotatable bonds is 4. The van der Waals surface area contributed by atoms with E-state index in [1.807, 2.05) is 21.7 Å². The van der Waals surface area contributed by atoms with Crippen molar-refractivity contribution < 1.29 is 13.2 Å². The Hall–Kier alpha value is -0.920. The molecule has 21 heavy (non-hydrogen) atoms. The summed E-state index contributed by atoms with van der Waals surface area (Å²) in [5.41, 5.74) is 1.23. The molecule has 0 unspecified atom stereocenters. The van der Waals surface area contributed by atoms with Crippen LogP contribution in [0.25, 0.3) is 0 Å². The molecule has 1 aromatic rings. The summed E-state index contributed by atoms with van der Waals surface area (Å²) in [5.74, 6) is 0.185. The van der Waals surface area contributed by atoms with E-state index < -0.39 is 10.0 Å². The molecule has 3 rings (SSSR count). The van der Waals surface area contributed by atoms with E-state index in [9.17, 15) is 13.2 Å². The molecular weight excluding hydrogens is 308 g/mol. The van der Waals surface area contributed by atoms with Gasteiger partial charge in [0.15, 0.2) is 0 Å². The molecule has 2 heterocycles. The molecule has 1 N–H and O–H groups in total. The molecule has 2 fully saturated rings. The number of carbonyl (C=O) groups is 1. The van der Waals surface area contributed by atoms with Crippen molar-refractivity contribution >= 4 is 27.3 Å². The fraction of sp³-hybridized carbons (Fsp3) is 0.643. The molecule has 0 aromatic carbocycles. The second kappa shape index (κ2) is 5.37. The monoisotopic (exact) mass is 328 g/mol. The maximum absolute atomic E-state index is 12.3. The first-order chi connectivity index (χ1) is 9.85. The van der Waals surface area contributed by atoms with Crippen molar-refractivity contribution in [3.05, 3.63) is 22.4 Å². The van der Waals surface area contributed by atoms with Gasteiger partial charge in [-0.1, -0.05) is 0 Å². The number of nitrogens with zero attached hydrogens (tertiary/aromatic N) is 1. The maximum atomic E-state index is 12.3. The number of hydrogen-bond donors (Lipinski definition) is 1. The van der Waals surface area contributed by atoms with E-state index in [1.165, 1.54) is 6.26 Å². The van der Waals surface area contributed by atoms with Crippen molar-refractivity contribution in [2.45, 2.75) is 31.7 Å². The van der Waals surface area contributed by atoms with Crippen LogP contribution in [-0.4, -0.2) is 44.6 Å². The van der Waals surface area contributed by atoms with E-state index >= 15 is 0 Å². The second-order valence-electron chi connectivity index (χ2n) is 6.37. The third kappa shape index (κ3) is 3.46. The first-order valence-corrected chi connectivity index (χ1v) is 9.95. The van der Waals surface area contributed by atoms with Crippen LogP contribution in [0.15, 0.2) is 16.8 Å². The standard InChI is InChI=1S/C14H20N2O3S2/c1-21(18,19)15-12-7-14(8-12)3-4-16(10-14)13(17)6-11-2-5-20-9-11/h2,5,9,12,15H,3-4,6-8,10H2,1H3. The molecule has 1 spiro atoms. The molecule has 0 radical (unpaired) electrons. The zero-order valence-electron chi connectivity index (χ0n) is 12.0. The van der Waals surface area contributed by atoms with E-state index in [-0.39, 0.29) is 17.4 Å². The van der Waals surface area contributed by atoms with Crippen LogP contribution in [0, 0.1) is 5.41 Å². The molecule has 1 saturated heterocycles. The number of sulfonamides is 1. The SMILES string of the molecule is CS(=O)(=O)NC1CC2(CCN(C(=O)Cc3ccsc3)C2)C1. The zero-order chi connectivity index (χ0) is 15.1. The third-order valence-corrected chi connectivity index (χ3v) is 5.96. The third-order valence-electron chi connectivity index (χ3n) is 4.47. The summed E-state index contributed by atoms with van der Waals surface area (Å²) < 4.78 is 25.1. The van der Waals surface area contributed by atoms with Crippen LogP contribution >= 0.6 is 11.3 Å². The molecule has 7 heteroatoms. The van der Waals surface area contributed by atoms with Crippen molar-refractivity contribution in [1.29, 1.82) is 0 Å². The molecular formula is C14H20N2O3S2. The normalized spacial score (nSPS) is 28.8. The van der Waals surface area contributed by atoms with Gasteiger partial charge in [0.1, 0.15) is 0 Å². The van der Waals surface area contributed by atoms with Gasteiger partial charge < -0.3 is 4.90 Å². The van der Waals surface area contributed by atoms with Crippen LogP contribution in [0.4, 0.5) is 0 Å². The summed E-state index contributed by atoms with van der Waals surface area (Å²) in [4.78, 5) is 14.2. The highest BCUT2D eigenvalue weighted by atomic mass is 32.2. The minimum Gasteiger partial charge on any atom is -0.342 e. The van der Waals surface area contributed by atoms with Gasteiger partial charge in [-0.25, -0.2) is 13.1 Å². The van der Waals surface area contributed by atoms with Crippen LogP contribution in [0.5, 0.6) is 0 Å². The highest BCUT2D eigenvalue weighted by Crippen LogP contribution is 2.48. The fourth-order valence-corrected chi connectivity index (χ4v) is 4.97. The van der Waals surface area contributed by atoms with Crippen molar-refractivity contribution in [3.8, 4) is 0 Å². The van der Waals surface area contributed by atoms with Crippen LogP contribution in [0.2, 0.25) is 0 Å². The molecule has 1 aliphatic heterocycles. The molecule has 1 saturated carbocycles. The largest absolute Gasteiger partial charge is 0.342 e. The number of carbonyl (C=O) groups excluding carboxylic acids is 1. The summed E-state index contributed by atoms with van der Waals surface area (Å²) in [6.07, 6.45) is 4.36. The highest BCUT2D eigenvalue weighted by molar-refractivity contribution is 7.88. The van der Waals surface area contributed by atoms with Gasteiger partial charge in [0.05, 0.1) is 12.7 Å². The van der Waals surface area contributed by atoms with E-state index in [2.05, 4.69) is 4.72 Å². The Morgan fingerprint density at radius 2 is 2.29 bits per heavy atom. The van der Waals surface area contributed by atoms with Gasteiger partial charge >= 0.3 is 0 Å². The highest BCUT2D eigenvalue weighted by Gasteiger charge is 2.49. The summed E-state index contributed by atoms with van der Waals surface area (Å²) in [7, 11) is -3.12. The van der Waals surface area contributed by atoms with E-state index in [4.69, 9.17) is 0 Å². The van der Waals surface area contributed by atoms with Crippen molar-refractivity contribution in [1.82, 2.24) is 9.62 Å². The Bertz CT molecular complexity index is 619. The second-order valence-corrected chi connectivity index (χ2v) is 8.93. The quantitative estimate of drug-likeness (QED) is 0.904. The van der Waals surface area contributed by atoms with Crippen LogP contribution in [-0.2, 0) is 21.2 Å². The lowest BCUT2D eigenvalue weighted by Gasteiger charge is -2.45. The molecule has 0 bridgehead atoms. The smallest absolute Gasteiger partial charge is 0.227 e. The molecule has 5 nitrogen and oxygen atoms in total. The average Bonchev–Trinajstić information content (AvgIpc) is 2.95. The van der Waals surface area contributed by atoms with Crippen LogP contribution in [0.1, 0.15) is 24.8 Å². The maximum Gasteiger partial charge on any atom is 0.227 e. The van der Waals surface area contributed by atoms with Gasteiger partial charge in [0.2, 0.25) is 15.9 Å². The summed E-state index contributed by atoms with van der Waals surface area (Å²) in [5, 5.41) is 4.00. The van der Waals surface area contributed by atoms with Gasteiger partial charge in [0, 0.05) is 19.1 Å². The van der Waals surface area contributed by atoms with Crippen molar-refractivity contribution in [2.75, 3.05) is 19.3 Å². The van der Waals surface area contributed by atoms with Gasteiger partial charge in [-0.2, -0.15) is 11.3 Å². The van der Waals surface area contributed by atoms with Crippen molar-refractivity contribution in [3.63, 3.8) is 0 Å². The van der Waals surface area contributed by atoms with Crippen LogP contribution < -0.4 is 4.72 Å². The lowest BCUT2D eigenvalue weighted by Crippen LogP contribution is -2.51. The summed E-state index contributed by atoms with van der Waals surface area (Å²) in [6, 6.07) is 2.04. The lowest BCUT2D eigenvalue weighted by molar-refractivity contribution is -0.130. The Balaban J connectivity index is 1.51. The predicted octanol–water partition coefficient (Wildman–Crippen LogP) is 1.22. The van der Waals surface area contributed by atoms with Gasteiger partial charge in [-0.15, -0.1) is 0 Å². The van der Waals surface area contributed by atoms with Gasteiger partial charge in [-0.3, -0.25) is 4.79 Å². The molecule has 1 aliphatic carbocycles. The van der Waals surface area contributed by atoms with E-state index in [1.54, 1.807) is 11.3 Å². The Morgan fingerprint density at radius 1 is 1.52 bits per heavy atom. The summed E-state index contributed by atoms with van der Waals surface area (Å²) >= 11 is 1.61. The minimum atomic E-state index is -3.12. The first kappa shape index (κ1) is 15.0. The van der Waals surface area contributed by atoms with Crippen molar-refractivity contribution in [2.24, 2.45) is 5.41 Å². The fourth-order valence-electron chi connectivity index (χ4n) is 3.53. The molecule has 0 atom stereocenters. The number of thiophene rings is 1. The van der Waals surface area contributed by atoms with E-state index in [0.29, 0.717) is 6.42 Å². The first-order valence-electron chi connectivity index (χ1n) is 7.11. The Kier molecular flexibility index (Phi) is 3.83. The lowest BCUT2D eigenvalue weighted by atomic mass is 9.65. The predicted molar refractivity (Wildman–Crippen MR) is 82.7 cm³/mol. The Labute approximate surface area is 129 Å². The number of amides is 1. The molecule has 116 valence electrons. The topological polar surface area (TPSA) is 66.5 Å². The number of hydrogen-bond acceptors (Lipinski definition) is 4. The molecule has 2 aliphatic rings. The summed E-state index contributed by atoms with van der Waals surface area (Å²) in [6.45, 7) is 1.58. The molecule has 1 aromatic heterocycles. The number of likely N-dealkylation sites (tertiary alicyclic amines) is 1. The minimum absolute atomic E-state index is 0.0481. The zero-order valence-corrected chi connectivity index (χ0v) is 13.7. The van der Waals surface area contributed by atoms with Crippen LogP contribution in [0.3, 0.4) is 0 Å². The van der Waals surface area contributed by atoms with Gasteiger partial charge in [-0.05, 0) is 47.1 Å². The molecule has 1 amide bonds. The number of nitrogens with one attached hydrogen (secondary N) is 1. The average molecular weight is 328 g/mol. The van der Waals surface area contributed by atoms with Gasteiger partial charge in [0.25, 0.3) is 0 Å². The van der Waals surface area contributed by atoms with E-state index in [0.717, 1.165) is 37.9 Å².